The molecule has 2 unspecified atom stereocenters. The first kappa shape index (κ1) is 10.0. The molecule has 2 aliphatic carbocycles. The summed E-state index contributed by atoms with van der Waals surface area (Å²) in [5.74, 6) is 1.16. The Bertz CT molecular complexity index is 94.2. The Balaban J connectivity index is 0.000000251. The molecule has 0 aromatic carbocycles. The summed E-state index contributed by atoms with van der Waals surface area (Å²) in [6.45, 7) is 6.44. The van der Waals surface area contributed by atoms with Crippen molar-refractivity contribution in [2.45, 2.75) is 53.9 Å². The summed E-state index contributed by atoms with van der Waals surface area (Å²) >= 11 is 0. The van der Waals surface area contributed by atoms with Crippen LogP contribution in [0.2, 0.25) is 0 Å². The predicted octanol–water partition coefficient (Wildman–Crippen LogP) is 3.86. The second-order valence-corrected chi connectivity index (χ2v) is 3.45. The van der Waals surface area contributed by atoms with Gasteiger partial charge in [-0.1, -0.05) is 34.6 Å². The van der Waals surface area contributed by atoms with Crippen LogP contribution in [0.5, 0.6) is 0 Å². The van der Waals surface area contributed by atoms with Gasteiger partial charge in [-0.05, 0) is 30.6 Å². The van der Waals surface area contributed by atoms with Gasteiger partial charge in [-0.15, -0.1) is 0 Å². The minimum Gasteiger partial charge on any atom is -0.0776 e. The molecule has 0 heterocycles. The number of hydrogen-bond donors (Lipinski definition) is 0. The molecule has 0 saturated heterocycles. The fourth-order valence-electron chi connectivity index (χ4n) is 2.01. The van der Waals surface area contributed by atoms with Gasteiger partial charge in [-0.3, -0.25) is 0 Å². The molecule has 2 rings (SSSR count). The standard InChI is InChI=1S/C7H12.C2H6.CH4/c1-7-4-2-3-6(7)5-7;1-2;/h6H,2-5H2,1H3;1-2H3;1H4. The van der Waals surface area contributed by atoms with E-state index in [1.54, 1.807) is 6.42 Å². The highest BCUT2D eigenvalue weighted by Crippen LogP contribution is 2.62. The normalized spacial score (nSPS) is 40.5. The third kappa shape index (κ3) is 1.53. The third-order valence-corrected chi connectivity index (χ3v) is 2.84. The number of hydrogen-bond acceptors (Lipinski definition) is 0. The van der Waals surface area contributed by atoms with E-state index in [1.165, 1.54) is 19.3 Å². The average Bonchev–Trinajstić information content (AvgIpc) is 2.38. The Morgan fingerprint density at radius 1 is 1.30 bits per heavy atom. The van der Waals surface area contributed by atoms with Gasteiger partial charge in [0.05, 0.1) is 0 Å². The SMILES string of the molecule is C.CC.CC12CCCC1C2. The quantitative estimate of drug-likeness (QED) is 0.482. The topological polar surface area (TPSA) is 0 Å². The molecule has 2 aliphatic rings. The Morgan fingerprint density at radius 2 is 1.90 bits per heavy atom. The molecule has 0 amide bonds. The summed E-state index contributed by atoms with van der Waals surface area (Å²) in [5.41, 5.74) is 0.861. The molecule has 62 valence electrons. The Kier molecular flexibility index (Phi) is 3.41. The molecule has 0 N–H and O–H groups in total. The van der Waals surface area contributed by atoms with Crippen molar-refractivity contribution in [1.82, 2.24) is 0 Å². The average molecular weight is 142 g/mol. The van der Waals surface area contributed by atoms with Gasteiger partial charge >= 0.3 is 0 Å². The lowest BCUT2D eigenvalue weighted by atomic mass is 10.1. The van der Waals surface area contributed by atoms with Crippen LogP contribution in [0.4, 0.5) is 0 Å². The maximum absolute atomic E-state index is 2.44. The van der Waals surface area contributed by atoms with Gasteiger partial charge in [-0.2, -0.15) is 0 Å². The Labute approximate surface area is 66.0 Å². The molecule has 0 spiro atoms. The van der Waals surface area contributed by atoms with Gasteiger partial charge in [0, 0.05) is 0 Å². The van der Waals surface area contributed by atoms with Crippen molar-refractivity contribution >= 4 is 0 Å². The first-order chi connectivity index (χ1) is 4.31. The van der Waals surface area contributed by atoms with Crippen LogP contribution in [0.15, 0.2) is 0 Å². The van der Waals surface area contributed by atoms with E-state index in [4.69, 9.17) is 0 Å². The maximum Gasteiger partial charge on any atom is -0.0294 e. The van der Waals surface area contributed by atoms with Crippen molar-refractivity contribution in [2.24, 2.45) is 11.3 Å². The number of fused-ring (bicyclic) bond motifs is 1. The van der Waals surface area contributed by atoms with Crippen molar-refractivity contribution in [3.8, 4) is 0 Å². The zero-order chi connectivity index (χ0) is 6.91. The van der Waals surface area contributed by atoms with E-state index in [0.717, 1.165) is 11.3 Å². The van der Waals surface area contributed by atoms with Gasteiger partial charge in [0.25, 0.3) is 0 Å². The van der Waals surface area contributed by atoms with Crippen molar-refractivity contribution in [2.75, 3.05) is 0 Å². The lowest BCUT2D eigenvalue weighted by Gasteiger charge is -1.96. The molecular formula is C10H22. The van der Waals surface area contributed by atoms with Crippen LogP contribution in [-0.2, 0) is 0 Å². The smallest absolute Gasteiger partial charge is 0.0294 e. The van der Waals surface area contributed by atoms with Crippen molar-refractivity contribution in [1.29, 1.82) is 0 Å². The van der Waals surface area contributed by atoms with Gasteiger partial charge in [0.15, 0.2) is 0 Å². The Morgan fingerprint density at radius 3 is 2.00 bits per heavy atom. The van der Waals surface area contributed by atoms with Crippen LogP contribution < -0.4 is 0 Å². The van der Waals surface area contributed by atoms with E-state index in [1.807, 2.05) is 13.8 Å². The summed E-state index contributed by atoms with van der Waals surface area (Å²) in [4.78, 5) is 0. The summed E-state index contributed by atoms with van der Waals surface area (Å²) < 4.78 is 0. The van der Waals surface area contributed by atoms with E-state index in [0.29, 0.717) is 0 Å². The largest absolute Gasteiger partial charge is 0.0776 e. The monoisotopic (exact) mass is 142 g/mol. The van der Waals surface area contributed by atoms with Gasteiger partial charge in [0.1, 0.15) is 0 Å². The summed E-state index contributed by atoms with van der Waals surface area (Å²) in [6, 6.07) is 0. The highest BCUT2D eigenvalue weighted by molar-refractivity contribution is 5.02. The fourth-order valence-corrected chi connectivity index (χ4v) is 2.01. The lowest BCUT2D eigenvalue weighted by Crippen LogP contribution is -1.85. The van der Waals surface area contributed by atoms with Crippen LogP contribution in [-0.4, -0.2) is 0 Å². The second-order valence-electron chi connectivity index (χ2n) is 3.45. The van der Waals surface area contributed by atoms with E-state index >= 15 is 0 Å². The fraction of sp³-hybridized carbons (Fsp3) is 1.00. The molecule has 2 fully saturated rings. The second kappa shape index (κ2) is 3.41. The zero-order valence-corrected chi connectivity index (χ0v) is 6.91. The van der Waals surface area contributed by atoms with Crippen LogP contribution in [0.1, 0.15) is 53.9 Å². The predicted molar refractivity (Wildman–Crippen MR) is 48.1 cm³/mol. The molecule has 0 aromatic heterocycles. The van der Waals surface area contributed by atoms with Crippen molar-refractivity contribution in [3.05, 3.63) is 0 Å². The molecule has 0 aromatic rings. The minimum atomic E-state index is 0. The van der Waals surface area contributed by atoms with Crippen LogP contribution in [0, 0.1) is 11.3 Å². The molecular weight excluding hydrogens is 120 g/mol. The maximum atomic E-state index is 2.44. The van der Waals surface area contributed by atoms with E-state index in [9.17, 15) is 0 Å². The van der Waals surface area contributed by atoms with Crippen molar-refractivity contribution < 1.29 is 0 Å². The molecule has 0 radical (unpaired) electrons. The zero-order valence-electron chi connectivity index (χ0n) is 6.91. The van der Waals surface area contributed by atoms with E-state index in [-0.39, 0.29) is 7.43 Å². The Hall–Kier alpha value is 0. The minimum absolute atomic E-state index is 0. The molecule has 0 bridgehead atoms. The number of rotatable bonds is 0. The first-order valence-corrected chi connectivity index (χ1v) is 4.31. The lowest BCUT2D eigenvalue weighted by molar-refractivity contribution is 0.547. The third-order valence-electron chi connectivity index (χ3n) is 2.84. The molecule has 10 heavy (non-hydrogen) atoms. The van der Waals surface area contributed by atoms with Crippen molar-refractivity contribution in [3.63, 3.8) is 0 Å². The summed E-state index contributed by atoms with van der Waals surface area (Å²) in [5, 5.41) is 0. The molecule has 2 atom stereocenters. The van der Waals surface area contributed by atoms with Crippen LogP contribution >= 0.6 is 0 Å². The van der Waals surface area contributed by atoms with E-state index in [2.05, 4.69) is 6.92 Å². The first-order valence-electron chi connectivity index (χ1n) is 4.31. The highest BCUT2D eigenvalue weighted by Gasteiger charge is 2.52. The van der Waals surface area contributed by atoms with Gasteiger partial charge in [0.2, 0.25) is 0 Å². The highest BCUT2D eigenvalue weighted by atomic mass is 14.6. The van der Waals surface area contributed by atoms with E-state index < -0.39 is 0 Å². The van der Waals surface area contributed by atoms with Crippen LogP contribution in [0.3, 0.4) is 0 Å². The summed E-state index contributed by atoms with van der Waals surface area (Å²) in [6.07, 6.45) is 6.13. The van der Waals surface area contributed by atoms with Gasteiger partial charge in [-0.25, -0.2) is 0 Å². The molecule has 2 saturated carbocycles. The molecule has 0 heteroatoms. The molecule has 0 nitrogen and oxygen atoms in total. The van der Waals surface area contributed by atoms with Gasteiger partial charge < -0.3 is 0 Å². The van der Waals surface area contributed by atoms with Crippen LogP contribution in [0.25, 0.3) is 0 Å². The summed E-state index contributed by atoms with van der Waals surface area (Å²) in [7, 11) is 0. The molecule has 0 aliphatic heterocycles.